The molecule has 0 saturated carbocycles. The maximum atomic E-state index is 11.1. The summed E-state index contributed by atoms with van der Waals surface area (Å²) >= 11 is 0. The number of esters is 3. The maximum absolute atomic E-state index is 11.1. The van der Waals surface area contributed by atoms with E-state index in [9.17, 15) is 19.5 Å². The minimum Gasteiger partial charge on any atom is -0.456 e. The Morgan fingerprint density at radius 1 is 0.947 bits per heavy atom. The van der Waals surface area contributed by atoms with Crippen molar-refractivity contribution < 1.29 is 38.4 Å². The number of ether oxygens (including phenoxy) is 4. The van der Waals surface area contributed by atoms with Gasteiger partial charge in [0.15, 0.2) is 24.6 Å². The highest BCUT2D eigenvalue weighted by molar-refractivity contribution is 5.68. The summed E-state index contributed by atoms with van der Waals surface area (Å²) in [5.74, 6) is -1.95. The van der Waals surface area contributed by atoms with Crippen LogP contribution in [-0.4, -0.2) is 54.2 Å². The molecule has 0 aromatic rings. The Balaban J connectivity index is 2.89. The lowest BCUT2D eigenvalue weighted by atomic mass is 10.0. The number of hydrogen-bond donors (Lipinski definition) is 1. The zero-order valence-electron chi connectivity index (χ0n) is 10.8. The summed E-state index contributed by atoms with van der Waals surface area (Å²) in [6.45, 7) is 3.29. The second-order valence-corrected chi connectivity index (χ2v) is 4.02. The van der Waals surface area contributed by atoms with Crippen molar-refractivity contribution >= 4 is 17.9 Å². The first-order chi connectivity index (χ1) is 8.81. The zero-order chi connectivity index (χ0) is 14.6. The lowest BCUT2D eigenvalue weighted by Gasteiger charge is -2.38. The van der Waals surface area contributed by atoms with E-state index in [4.69, 9.17) is 18.9 Å². The second-order valence-electron chi connectivity index (χ2n) is 4.02. The van der Waals surface area contributed by atoms with Gasteiger partial charge in [0.2, 0.25) is 0 Å². The summed E-state index contributed by atoms with van der Waals surface area (Å²) in [6.07, 6.45) is -4.78. The molecule has 8 nitrogen and oxygen atoms in total. The van der Waals surface area contributed by atoms with Crippen LogP contribution in [0.4, 0.5) is 0 Å². The topological polar surface area (TPSA) is 108 Å². The van der Waals surface area contributed by atoms with E-state index in [0.717, 1.165) is 13.8 Å². The molecule has 108 valence electrons. The van der Waals surface area contributed by atoms with Crippen molar-refractivity contribution in [3.63, 3.8) is 0 Å². The third-order valence-corrected chi connectivity index (χ3v) is 2.32. The number of carbonyl (C=O) groups excluding carboxylic acids is 3. The number of aliphatic hydroxyl groups is 1. The first kappa shape index (κ1) is 15.4. The van der Waals surface area contributed by atoms with Gasteiger partial charge in [-0.25, -0.2) is 0 Å². The largest absolute Gasteiger partial charge is 0.456 e. The SMILES string of the molecule is CC(=O)OC1C(O)OC[C@H](OC(C)=O)[C@@H]1OC(C)=O. The van der Waals surface area contributed by atoms with Gasteiger partial charge in [-0.2, -0.15) is 0 Å². The van der Waals surface area contributed by atoms with Crippen LogP contribution >= 0.6 is 0 Å². The highest BCUT2D eigenvalue weighted by Gasteiger charge is 2.46. The molecule has 8 heteroatoms. The predicted molar refractivity (Wildman–Crippen MR) is 58.6 cm³/mol. The Hall–Kier alpha value is -1.67. The van der Waals surface area contributed by atoms with Crippen LogP contribution in [-0.2, 0) is 33.3 Å². The van der Waals surface area contributed by atoms with Gasteiger partial charge in [0.05, 0.1) is 6.61 Å². The average Bonchev–Trinajstić information content (AvgIpc) is 2.25. The number of carbonyl (C=O) groups is 3. The van der Waals surface area contributed by atoms with E-state index in [1.54, 1.807) is 0 Å². The van der Waals surface area contributed by atoms with Crippen LogP contribution in [0.1, 0.15) is 20.8 Å². The first-order valence-electron chi connectivity index (χ1n) is 5.62. The average molecular weight is 276 g/mol. The summed E-state index contributed by atoms with van der Waals surface area (Å²) in [5.41, 5.74) is 0. The molecule has 2 unspecified atom stereocenters. The predicted octanol–water partition coefficient (Wildman–Crippen LogP) is -0.870. The summed E-state index contributed by atoms with van der Waals surface area (Å²) in [4.78, 5) is 33.0. The van der Waals surface area contributed by atoms with Gasteiger partial charge in [-0.3, -0.25) is 14.4 Å². The van der Waals surface area contributed by atoms with E-state index in [0.29, 0.717) is 0 Å². The summed E-state index contributed by atoms with van der Waals surface area (Å²) in [5, 5.41) is 9.62. The van der Waals surface area contributed by atoms with Crippen molar-refractivity contribution in [2.45, 2.75) is 45.4 Å². The molecule has 19 heavy (non-hydrogen) atoms. The van der Waals surface area contributed by atoms with Gasteiger partial charge in [-0.05, 0) is 0 Å². The molecule has 1 N–H and O–H groups in total. The van der Waals surface area contributed by atoms with Crippen molar-refractivity contribution in [2.75, 3.05) is 6.61 Å². The van der Waals surface area contributed by atoms with Gasteiger partial charge >= 0.3 is 17.9 Å². The van der Waals surface area contributed by atoms with E-state index < -0.39 is 42.5 Å². The number of rotatable bonds is 3. The maximum Gasteiger partial charge on any atom is 0.303 e. The quantitative estimate of drug-likeness (QED) is 0.523. The van der Waals surface area contributed by atoms with E-state index in [-0.39, 0.29) is 6.61 Å². The standard InChI is InChI=1S/C11H16O8/c1-5(12)17-8-4-16-11(15)10(19-7(3)14)9(8)18-6(2)13/h8-11,15H,4H2,1-3H3/t8-,9-,10?,11?/m0/s1. The number of aliphatic hydroxyl groups excluding tert-OH is 1. The molecule has 1 aliphatic rings. The summed E-state index contributed by atoms with van der Waals surface area (Å²) < 4.78 is 19.6. The second kappa shape index (κ2) is 6.48. The summed E-state index contributed by atoms with van der Waals surface area (Å²) in [6, 6.07) is 0. The van der Waals surface area contributed by atoms with Crippen molar-refractivity contribution in [3.8, 4) is 0 Å². The van der Waals surface area contributed by atoms with E-state index in [1.165, 1.54) is 6.92 Å². The Morgan fingerprint density at radius 2 is 1.42 bits per heavy atom. The lowest BCUT2D eigenvalue weighted by Crippen LogP contribution is -2.57. The van der Waals surface area contributed by atoms with Crippen LogP contribution in [0.3, 0.4) is 0 Å². The fourth-order valence-electron chi connectivity index (χ4n) is 1.72. The minimum absolute atomic E-state index is 0.170. The molecular weight excluding hydrogens is 260 g/mol. The fourth-order valence-corrected chi connectivity index (χ4v) is 1.72. The minimum atomic E-state index is -1.46. The molecule has 0 aromatic carbocycles. The molecule has 0 bridgehead atoms. The molecule has 0 aliphatic carbocycles. The third kappa shape index (κ3) is 4.49. The van der Waals surface area contributed by atoms with Gasteiger partial charge in [0, 0.05) is 20.8 Å². The van der Waals surface area contributed by atoms with Crippen molar-refractivity contribution in [1.82, 2.24) is 0 Å². The Morgan fingerprint density at radius 3 is 1.89 bits per heavy atom. The molecule has 0 spiro atoms. The van der Waals surface area contributed by atoms with Crippen LogP contribution in [0, 0.1) is 0 Å². The normalized spacial score (nSPS) is 30.3. The van der Waals surface area contributed by atoms with Crippen LogP contribution in [0.5, 0.6) is 0 Å². The lowest BCUT2D eigenvalue weighted by molar-refractivity contribution is -0.267. The van der Waals surface area contributed by atoms with Gasteiger partial charge in [-0.1, -0.05) is 0 Å². The highest BCUT2D eigenvalue weighted by Crippen LogP contribution is 2.23. The molecule has 1 rings (SSSR count). The van der Waals surface area contributed by atoms with Gasteiger partial charge in [0.1, 0.15) is 0 Å². The van der Waals surface area contributed by atoms with E-state index in [2.05, 4.69) is 0 Å². The Labute approximate surface area is 109 Å². The van der Waals surface area contributed by atoms with Crippen molar-refractivity contribution in [1.29, 1.82) is 0 Å². The van der Waals surface area contributed by atoms with Crippen LogP contribution in [0.25, 0.3) is 0 Å². The fraction of sp³-hybridized carbons (Fsp3) is 0.727. The van der Waals surface area contributed by atoms with Gasteiger partial charge in [-0.15, -0.1) is 0 Å². The van der Waals surface area contributed by atoms with Crippen molar-refractivity contribution in [3.05, 3.63) is 0 Å². The monoisotopic (exact) mass is 276 g/mol. The summed E-state index contributed by atoms with van der Waals surface area (Å²) in [7, 11) is 0. The molecule has 1 fully saturated rings. The van der Waals surface area contributed by atoms with Crippen LogP contribution in [0.2, 0.25) is 0 Å². The molecule has 0 aromatic heterocycles. The zero-order valence-corrected chi connectivity index (χ0v) is 10.8. The Kier molecular flexibility index (Phi) is 5.25. The Bertz CT molecular complexity index is 366. The van der Waals surface area contributed by atoms with E-state index in [1.807, 2.05) is 0 Å². The first-order valence-corrected chi connectivity index (χ1v) is 5.62. The molecule has 4 atom stereocenters. The molecule has 1 saturated heterocycles. The van der Waals surface area contributed by atoms with Crippen LogP contribution in [0.15, 0.2) is 0 Å². The van der Waals surface area contributed by atoms with Crippen LogP contribution < -0.4 is 0 Å². The number of hydrogen-bond acceptors (Lipinski definition) is 8. The van der Waals surface area contributed by atoms with Gasteiger partial charge < -0.3 is 24.1 Å². The molecule has 0 amide bonds. The van der Waals surface area contributed by atoms with Gasteiger partial charge in [0.25, 0.3) is 0 Å². The smallest absolute Gasteiger partial charge is 0.303 e. The third-order valence-electron chi connectivity index (χ3n) is 2.32. The van der Waals surface area contributed by atoms with Crippen molar-refractivity contribution in [2.24, 2.45) is 0 Å². The molecular formula is C11H16O8. The molecule has 1 aliphatic heterocycles. The van der Waals surface area contributed by atoms with E-state index >= 15 is 0 Å². The highest BCUT2D eigenvalue weighted by atomic mass is 16.7. The molecule has 0 radical (unpaired) electrons. The molecule has 1 heterocycles.